The van der Waals surface area contributed by atoms with Crippen LogP contribution in [0.15, 0.2) is 23.1 Å². The SMILES string of the molecule is CCN(CC(=O)NC(C)C)C(=O)c1cc(S(=O)(=O)N(C)C)ccc1I. The molecule has 1 aromatic rings. The molecule has 0 atom stereocenters. The van der Waals surface area contributed by atoms with Gasteiger partial charge in [-0.15, -0.1) is 0 Å². The molecular formula is C16H24IN3O4S. The standard InChI is InChI=1S/C16H24IN3O4S/c1-6-20(10-15(21)18-11(2)3)16(22)13-9-12(7-8-14(13)17)25(23,24)19(4)5/h7-9,11H,6,10H2,1-5H3,(H,18,21). The molecule has 0 fully saturated rings. The zero-order chi connectivity index (χ0) is 19.4. The van der Waals surface area contributed by atoms with E-state index in [0.29, 0.717) is 10.1 Å². The Morgan fingerprint density at radius 3 is 2.32 bits per heavy atom. The van der Waals surface area contributed by atoms with Gasteiger partial charge in [-0.2, -0.15) is 0 Å². The Hall–Kier alpha value is -1.20. The van der Waals surface area contributed by atoms with E-state index >= 15 is 0 Å². The highest BCUT2D eigenvalue weighted by Gasteiger charge is 2.24. The molecule has 0 saturated carbocycles. The first-order valence-electron chi connectivity index (χ1n) is 7.81. The quantitative estimate of drug-likeness (QED) is 0.599. The van der Waals surface area contributed by atoms with Crippen molar-refractivity contribution in [1.29, 1.82) is 0 Å². The number of carbonyl (C=O) groups is 2. The molecule has 0 aliphatic rings. The summed E-state index contributed by atoms with van der Waals surface area (Å²) in [6.45, 7) is 5.72. The van der Waals surface area contributed by atoms with E-state index in [1.54, 1.807) is 13.0 Å². The normalized spacial score (nSPS) is 11.7. The average Bonchev–Trinajstić information content (AvgIpc) is 2.51. The van der Waals surface area contributed by atoms with Gasteiger partial charge in [0.25, 0.3) is 5.91 Å². The van der Waals surface area contributed by atoms with Crippen molar-refractivity contribution in [2.75, 3.05) is 27.2 Å². The highest BCUT2D eigenvalue weighted by molar-refractivity contribution is 14.1. The second-order valence-corrected chi connectivity index (χ2v) is 9.28. The maximum absolute atomic E-state index is 12.8. The number of hydrogen-bond donors (Lipinski definition) is 1. The molecule has 25 heavy (non-hydrogen) atoms. The Kier molecular flexibility index (Phi) is 7.82. The van der Waals surface area contributed by atoms with Crippen molar-refractivity contribution in [2.24, 2.45) is 0 Å². The smallest absolute Gasteiger partial charge is 0.255 e. The number of hydrogen-bond acceptors (Lipinski definition) is 4. The minimum Gasteiger partial charge on any atom is -0.352 e. The summed E-state index contributed by atoms with van der Waals surface area (Å²) in [5.74, 6) is -0.626. The molecule has 0 aromatic heterocycles. The van der Waals surface area contributed by atoms with Crippen molar-refractivity contribution in [2.45, 2.75) is 31.7 Å². The van der Waals surface area contributed by atoms with Crippen LogP contribution in [0.1, 0.15) is 31.1 Å². The van der Waals surface area contributed by atoms with Crippen molar-refractivity contribution >= 4 is 44.4 Å². The molecule has 0 heterocycles. The Morgan fingerprint density at radius 1 is 1.24 bits per heavy atom. The van der Waals surface area contributed by atoms with Crippen LogP contribution in [-0.2, 0) is 14.8 Å². The van der Waals surface area contributed by atoms with Crippen LogP contribution in [-0.4, -0.2) is 62.7 Å². The number of halogens is 1. The zero-order valence-corrected chi connectivity index (χ0v) is 18.0. The van der Waals surface area contributed by atoms with Gasteiger partial charge in [-0.1, -0.05) is 0 Å². The Balaban J connectivity index is 3.17. The van der Waals surface area contributed by atoms with Gasteiger partial charge in [0.15, 0.2) is 0 Å². The maximum atomic E-state index is 12.8. The van der Waals surface area contributed by atoms with E-state index in [9.17, 15) is 18.0 Å². The van der Waals surface area contributed by atoms with Crippen LogP contribution < -0.4 is 5.32 Å². The lowest BCUT2D eigenvalue weighted by atomic mass is 10.2. The van der Waals surface area contributed by atoms with E-state index < -0.39 is 10.0 Å². The predicted molar refractivity (Wildman–Crippen MR) is 105 cm³/mol. The topological polar surface area (TPSA) is 86.8 Å². The third-order valence-electron chi connectivity index (χ3n) is 3.40. The summed E-state index contributed by atoms with van der Waals surface area (Å²) >= 11 is 1.98. The van der Waals surface area contributed by atoms with Crippen molar-refractivity contribution in [3.63, 3.8) is 0 Å². The highest BCUT2D eigenvalue weighted by Crippen LogP contribution is 2.21. The summed E-state index contributed by atoms with van der Waals surface area (Å²) in [6.07, 6.45) is 0. The van der Waals surface area contributed by atoms with E-state index in [1.165, 1.54) is 31.1 Å². The van der Waals surface area contributed by atoms with Gasteiger partial charge in [-0.3, -0.25) is 9.59 Å². The molecule has 0 saturated heterocycles. The summed E-state index contributed by atoms with van der Waals surface area (Å²) in [5.41, 5.74) is 0.266. The lowest BCUT2D eigenvalue weighted by Gasteiger charge is -2.22. The van der Waals surface area contributed by atoms with Crippen LogP contribution in [0, 0.1) is 3.57 Å². The Bertz CT molecular complexity index is 748. The molecule has 2 amide bonds. The lowest BCUT2D eigenvalue weighted by Crippen LogP contribution is -2.42. The fourth-order valence-corrected chi connectivity index (χ4v) is 3.57. The fraction of sp³-hybridized carbons (Fsp3) is 0.500. The van der Waals surface area contributed by atoms with Gasteiger partial charge in [0.05, 0.1) is 17.0 Å². The number of nitrogens with one attached hydrogen (secondary N) is 1. The lowest BCUT2D eigenvalue weighted by molar-refractivity contribution is -0.122. The van der Waals surface area contributed by atoms with Gasteiger partial charge in [0.2, 0.25) is 15.9 Å². The van der Waals surface area contributed by atoms with E-state index in [4.69, 9.17) is 0 Å². The Morgan fingerprint density at radius 2 is 1.84 bits per heavy atom. The first kappa shape index (κ1) is 21.8. The summed E-state index contributed by atoms with van der Waals surface area (Å²) < 4.78 is 26.3. The number of carbonyl (C=O) groups excluding carboxylic acids is 2. The highest BCUT2D eigenvalue weighted by atomic mass is 127. The van der Waals surface area contributed by atoms with E-state index in [0.717, 1.165) is 4.31 Å². The van der Waals surface area contributed by atoms with Crippen molar-refractivity contribution in [3.05, 3.63) is 27.3 Å². The molecule has 0 bridgehead atoms. The van der Waals surface area contributed by atoms with Gasteiger partial charge in [0, 0.05) is 30.3 Å². The van der Waals surface area contributed by atoms with Gasteiger partial charge >= 0.3 is 0 Å². The van der Waals surface area contributed by atoms with Crippen molar-refractivity contribution in [3.8, 4) is 0 Å². The van der Waals surface area contributed by atoms with Gasteiger partial charge in [-0.25, -0.2) is 12.7 Å². The second kappa shape index (κ2) is 8.95. The molecule has 7 nitrogen and oxygen atoms in total. The molecule has 9 heteroatoms. The molecule has 0 aliphatic carbocycles. The molecule has 0 radical (unpaired) electrons. The van der Waals surface area contributed by atoms with Gasteiger partial charge in [-0.05, 0) is 61.6 Å². The molecule has 140 valence electrons. The molecule has 1 rings (SSSR count). The van der Waals surface area contributed by atoms with Gasteiger partial charge in [0.1, 0.15) is 0 Å². The molecule has 0 unspecified atom stereocenters. The average molecular weight is 481 g/mol. The largest absolute Gasteiger partial charge is 0.352 e. The summed E-state index contributed by atoms with van der Waals surface area (Å²) in [6, 6.07) is 4.40. The molecule has 1 aromatic carbocycles. The third-order valence-corrected chi connectivity index (χ3v) is 6.15. The molecule has 1 N–H and O–H groups in total. The molecular weight excluding hydrogens is 457 g/mol. The van der Waals surface area contributed by atoms with Crippen LogP contribution in [0.4, 0.5) is 0 Å². The van der Waals surface area contributed by atoms with Crippen LogP contribution in [0.2, 0.25) is 0 Å². The van der Waals surface area contributed by atoms with Crippen LogP contribution in [0.5, 0.6) is 0 Å². The maximum Gasteiger partial charge on any atom is 0.255 e. The first-order valence-corrected chi connectivity index (χ1v) is 10.3. The first-order chi connectivity index (χ1) is 11.5. The molecule has 0 spiro atoms. The minimum absolute atomic E-state index is 0.0185. The second-order valence-electron chi connectivity index (χ2n) is 5.97. The number of amides is 2. The zero-order valence-electron chi connectivity index (χ0n) is 15.0. The van der Waals surface area contributed by atoms with E-state index in [-0.39, 0.29) is 34.9 Å². The third kappa shape index (κ3) is 5.65. The predicted octanol–water partition coefficient (Wildman–Crippen LogP) is 1.53. The van der Waals surface area contributed by atoms with Crippen molar-refractivity contribution in [1.82, 2.24) is 14.5 Å². The number of sulfonamides is 1. The fourth-order valence-electron chi connectivity index (χ4n) is 2.08. The summed E-state index contributed by atoms with van der Waals surface area (Å²) in [7, 11) is -0.773. The van der Waals surface area contributed by atoms with Crippen LogP contribution >= 0.6 is 22.6 Å². The number of benzene rings is 1. The minimum atomic E-state index is -3.64. The van der Waals surface area contributed by atoms with Gasteiger partial charge < -0.3 is 10.2 Å². The monoisotopic (exact) mass is 481 g/mol. The van der Waals surface area contributed by atoms with Crippen LogP contribution in [0.3, 0.4) is 0 Å². The summed E-state index contributed by atoms with van der Waals surface area (Å²) in [4.78, 5) is 26.2. The number of rotatable bonds is 7. The van der Waals surface area contributed by atoms with Crippen LogP contribution in [0.25, 0.3) is 0 Å². The summed E-state index contributed by atoms with van der Waals surface area (Å²) in [5, 5.41) is 2.74. The molecule has 0 aliphatic heterocycles. The Labute approximate surface area is 162 Å². The number of nitrogens with zero attached hydrogens (tertiary/aromatic N) is 2. The number of likely N-dealkylation sites (N-methyl/N-ethyl adjacent to an activating group) is 1. The van der Waals surface area contributed by atoms with Crippen molar-refractivity contribution < 1.29 is 18.0 Å². The van der Waals surface area contributed by atoms with E-state index in [1.807, 2.05) is 36.4 Å². The van der Waals surface area contributed by atoms with E-state index in [2.05, 4.69) is 5.32 Å².